The first-order chi connectivity index (χ1) is 21.4. The average molecular weight is 628 g/mol. The predicted molar refractivity (Wildman–Crippen MR) is 163 cm³/mol. The van der Waals surface area contributed by atoms with Crippen LogP contribution in [0, 0.1) is 5.41 Å². The second-order valence-corrected chi connectivity index (χ2v) is 13.5. The average Bonchev–Trinajstić information content (AvgIpc) is 3.17. The summed E-state index contributed by atoms with van der Waals surface area (Å²) in [5, 5.41) is 4.91. The van der Waals surface area contributed by atoms with Crippen molar-refractivity contribution in [2.24, 2.45) is 5.41 Å². The molecule has 13 nitrogen and oxygen atoms in total. The lowest BCUT2D eigenvalue weighted by atomic mass is 9.73. The molecule has 13 heteroatoms. The molecule has 1 aromatic carbocycles. The molecule has 1 aromatic rings. The van der Waals surface area contributed by atoms with Crippen LogP contribution in [0.25, 0.3) is 0 Å². The molecule has 0 radical (unpaired) electrons. The molecule has 5 amide bonds. The number of benzene rings is 1. The van der Waals surface area contributed by atoms with E-state index in [1.54, 1.807) is 12.1 Å². The van der Waals surface area contributed by atoms with E-state index < -0.39 is 35.5 Å². The van der Waals surface area contributed by atoms with Gasteiger partial charge in [-0.3, -0.25) is 39.2 Å². The van der Waals surface area contributed by atoms with Crippen LogP contribution in [0.4, 0.5) is 4.79 Å². The zero-order chi connectivity index (χ0) is 32.2. The number of likely N-dealkylation sites (tertiary alicyclic amines) is 2. The molecular weight excluding hydrogens is 582 g/mol. The number of hydrogen-bond donors (Lipinski definition) is 2. The number of fused-ring (bicyclic) bond motifs is 1. The second-order valence-electron chi connectivity index (χ2n) is 13.5. The standard InChI is InChI=1S/C32H45N5O8/c1-31(2,3)45-30(42)33-10-14-44-16-12-36-20-32(21-36)18-35(19-32)11-15-43-13-4-5-22-6-7-23-24(17-22)29(41)37(28(23)40)25-8-9-26(38)34-27(25)39/h6-7,17,25H,4-5,8-16,18-21H2,1-3H3,(H,33,42)(H,34,38,39). The molecule has 3 saturated heterocycles. The van der Waals surface area contributed by atoms with E-state index in [1.165, 1.54) is 0 Å². The van der Waals surface area contributed by atoms with E-state index in [0.29, 0.717) is 55.9 Å². The normalized spacial score (nSPS) is 21.4. The number of imide groups is 2. The van der Waals surface area contributed by atoms with Crippen LogP contribution in [0.1, 0.15) is 66.3 Å². The van der Waals surface area contributed by atoms with E-state index in [9.17, 15) is 24.0 Å². The van der Waals surface area contributed by atoms with Crippen molar-refractivity contribution in [3.05, 3.63) is 34.9 Å². The number of nitrogens with zero attached hydrogens (tertiary/aromatic N) is 3. The third-order valence-electron chi connectivity index (χ3n) is 8.51. The molecule has 1 unspecified atom stereocenters. The maximum absolute atomic E-state index is 13.0. The van der Waals surface area contributed by atoms with Crippen molar-refractivity contribution in [1.29, 1.82) is 0 Å². The van der Waals surface area contributed by atoms with Gasteiger partial charge in [-0.25, -0.2) is 4.79 Å². The van der Waals surface area contributed by atoms with Gasteiger partial charge in [0, 0.05) is 64.3 Å². The Balaban J connectivity index is 0.892. The van der Waals surface area contributed by atoms with E-state index in [-0.39, 0.29) is 18.7 Å². The van der Waals surface area contributed by atoms with Gasteiger partial charge in [0.15, 0.2) is 0 Å². The van der Waals surface area contributed by atoms with E-state index >= 15 is 0 Å². The van der Waals surface area contributed by atoms with Crippen LogP contribution < -0.4 is 10.6 Å². The fraction of sp³-hybridized carbons (Fsp3) is 0.656. The van der Waals surface area contributed by atoms with Gasteiger partial charge in [0.25, 0.3) is 11.8 Å². The SMILES string of the molecule is CC(C)(C)OC(=O)NCCOCCN1CC2(CN(CCOCCCc3ccc4c(c3)C(=O)N(C3CCC(=O)NC3=O)C4=O)C2)C1. The Hall–Kier alpha value is -3.39. The number of rotatable bonds is 14. The Morgan fingerprint density at radius 3 is 2.22 bits per heavy atom. The molecule has 0 saturated carbocycles. The third-order valence-corrected chi connectivity index (χ3v) is 8.51. The maximum atomic E-state index is 13.0. The fourth-order valence-electron chi connectivity index (χ4n) is 6.50. The van der Waals surface area contributed by atoms with Gasteiger partial charge >= 0.3 is 6.09 Å². The molecule has 3 fully saturated rings. The van der Waals surface area contributed by atoms with E-state index in [4.69, 9.17) is 14.2 Å². The van der Waals surface area contributed by atoms with Crippen LogP contribution in [0.5, 0.6) is 0 Å². The molecule has 0 bridgehead atoms. The number of hydrogen-bond acceptors (Lipinski definition) is 10. The minimum Gasteiger partial charge on any atom is -0.444 e. The molecule has 4 aliphatic rings. The molecular formula is C32H45N5O8. The van der Waals surface area contributed by atoms with Crippen LogP contribution in [0.3, 0.4) is 0 Å². The minimum atomic E-state index is -0.955. The van der Waals surface area contributed by atoms with Gasteiger partial charge < -0.3 is 19.5 Å². The zero-order valence-electron chi connectivity index (χ0n) is 26.5. The van der Waals surface area contributed by atoms with Crippen LogP contribution in [-0.2, 0) is 30.2 Å². The first-order valence-corrected chi connectivity index (χ1v) is 15.8. The topological polar surface area (TPSA) is 147 Å². The summed E-state index contributed by atoms with van der Waals surface area (Å²) in [6.07, 6.45) is 1.32. The Labute approximate surface area is 263 Å². The van der Waals surface area contributed by atoms with Gasteiger partial charge in [-0.05, 0) is 57.7 Å². The summed E-state index contributed by atoms with van der Waals surface area (Å²) in [5.74, 6) is -1.97. The van der Waals surface area contributed by atoms with Crippen LogP contribution in [-0.4, -0.2) is 128 Å². The van der Waals surface area contributed by atoms with E-state index in [2.05, 4.69) is 20.4 Å². The lowest BCUT2D eigenvalue weighted by Crippen LogP contribution is -2.72. The van der Waals surface area contributed by atoms with Crippen molar-refractivity contribution in [2.75, 3.05) is 72.2 Å². The minimum absolute atomic E-state index is 0.0996. The lowest BCUT2D eigenvalue weighted by Gasteiger charge is -2.60. The number of piperidine rings is 1. The molecule has 4 aliphatic heterocycles. The van der Waals surface area contributed by atoms with Gasteiger partial charge in [0.05, 0.1) is 30.9 Å². The molecule has 0 aliphatic carbocycles. The Kier molecular flexibility index (Phi) is 10.2. The molecule has 45 heavy (non-hydrogen) atoms. The monoisotopic (exact) mass is 627 g/mol. The Bertz CT molecular complexity index is 1300. The summed E-state index contributed by atoms with van der Waals surface area (Å²) in [6.45, 7) is 14.5. The highest BCUT2D eigenvalue weighted by Crippen LogP contribution is 2.39. The summed E-state index contributed by atoms with van der Waals surface area (Å²) >= 11 is 0. The van der Waals surface area contributed by atoms with Crippen molar-refractivity contribution < 1.29 is 38.2 Å². The van der Waals surface area contributed by atoms with Gasteiger partial charge in [0.1, 0.15) is 11.6 Å². The molecule has 1 atom stereocenters. The summed E-state index contributed by atoms with van der Waals surface area (Å²) in [4.78, 5) is 67.0. The fourth-order valence-corrected chi connectivity index (χ4v) is 6.50. The van der Waals surface area contributed by atoms with Crippen LogP contribution in [0.2, 0.25) is 0 Å². The van der Waals surface area contributed by atoms with Crippen molar-refractivity contribution in [2.45, 2.75) is 58.1 Å². The number of aryl methyl sites for hydroxylation is 1. The quantitative estimate of drug-likeness (QED) is 0.228. The van der Waals surface area contributed by atoms with Gasteiger partial charge in [-0.15, -0.1) is 0 Å². The van der Waals surface area contributed by atoms with Crippen molar-refractivity contribution in [3.8, 4) is 0 Å². The van der Waals surface area contributed by atoms with Crippen LogP contribution >= 0.6 is 0 Å². The molecule has 2 N–H and O–H groups in total. The first kappa shape index (κ1) is 33.0. The molecule has 4 heterocycles. The molecule has 0 aromatic heterocycles. The summed E-state index contributed by atoms with van der Waals surface area (Å²) in [6, 6.07) is 4.27. The third kappa shape index (κ3) is 8.26. The summed E-state index contributed by atoms with van der Waals surface area (Å²) < 4.78 is 16.7. The number of amides is 5. The molecule has 1 spiro atoms. The number of carbonyl (C=O) groups excluding carboxylic acids is 5. The highest BCUT2D eigenvalue weighted by molar-refractivity contribution is 6.23. The highest BCUT2D eigenvalue weighted by Gasteiger charge is 2.51. The number of carbonyl (C=O) groups is 5. The Morgan fingerprint density at radius 2 is 1.58 bits per heavy atom. The van der Waals surface area contributed by atoms with Crippen molar-refractivity contribution in [1.82, 2.24) is 25.3 Å². The largest absolute Gasteiger partial charge is 0.444 e. The number of nitrogens with one attached hydrogen (secondary N) is 2. The molecule has 246 valence electrons. The number of alkyl carbamates (subject to hydrolysis) is 1. The maximum Gasteiger partial charge on any atom is 0.407 e. The first-order valence-electron chi connectivity index (χ1n) is 15.8. The zero-order valence-corrected chi connectivity index (χ0v) is 26.5. The highest BCUT2D eigenvalue weighted by atomic mass is 16.6. The van der Waals surface area contributed by atoms with Crippen LogP contribution in [0.15, 0.2) is 18.2 Å². The van der Waals surface area contributed by atoms with Gasteiger partial charge in [-0.1, -0.05) is 6.07 Å². The lowest BCUT2D eigenvalue weighted by molar-refractivity contribution is -0.136. The number of ether oxygens (including phenoxy) is 3. The Morgan fingerprint density at radius 1 is 0.933 bits per heavy atom. The van der Waals surface area contributed by atoms with E-state index in [0.717, 1.165) is 56.2 Å². The van der Waals surface area contributed by atoms with Gasteiger partial charge in [0.2, 0.25) is 11.8 Å². The van der Waals surface area contributed by atoms with E-state index in [1.807, 2.05) is 26.8 Å². The van der Waals surface area contributed by atoms with Gasteiger partial charge in [-0.2, -0.15) is 0 Å². The smallest absolute Gasteiger partial charge is 0.407 e. The van der Waals surface area contributed by atoms with Crippen molar-refractivity contribution in [3.63, 3.8) is 0 Å². The predicted octanol–water partition coefficient (Wildman–Crippen LogP) is 1.20. The summed E-state index contributed by atoms with van der Waals surface area (Å²) in [7, 11) is 0. The molecule has 5 rings (SSSR count). The second kappa shape index (κ2) is 13.9. The summed E-state index contributed by atoms with van der Waals surface area (Å²) in [5.41, 5.74) is 1.44. The van der Waals surface area contributed by atoms with Crippen molar-refractivity contribution >= 4 is 29.7 Å².